The third kappa shape index (κ3) is 3.33. The summed E-state index contributed by atoms with van der Waals surface area (Å²) in [5.41, 5.74) is 0. The molecule has 0 spiro atoms. The van der Waals surface area contributed by atoms with E-state index in [1.807, 2.05) is 0 Å². The van der Waals surface area contributed by atoms with Crippen molar-refractivity contribution in [2.24, 2.45) is 0 Å². The van der Waals surface area contributed by atoms with Gasteiger partial charge in [-0.3, -0.25) is 4.79 Å². The number of Topliss-reactive ketones (excluding diaryl/α,β-unsaturated/α-hetero) is 1. The Balaban J connectivity index is 4.03. The Kier molecular flexibility index (Phi) is 3.47. The van der Waals surface area contributed by atoms with E-state index in [9.17, 15) is 18.0 Å². The van der Waals surface area contributed by atoms with Crippen molar-refractivity contribution in [1.29, 1.82) is 0 Å². The number of aliphatic hydroxyl groups is 1. The number of halogens is 3. The molecule has 0 aromatic carbocycles. The standard InChI is InChI=1S/C5H7F3O3/c1-2-11-4(10)3(9)5(6,7)8/h4,10H,2H2,1H3. The maximum absolute atomic E-state index is 11.4. The molecule has 66 valence electrons. The Morgan fingerprint density at radius 3 is 2.36 bits per heavy atom. The van der Waals surface area contributed by atoms with E-state index in [0.29, 0.717) is 0 Å². The summed E-state index contributed by atoms with van der Waals surface area (Å²) in [5, 5.41) is 8.36. The fourth-order valence-corrected chi connectivity index (χ4v) is 0.374. The van der Waals surface area contributed by atoms with Gasteiger partial charge < -0.3 is 9.84 Å². The highest BCUT2D eigenvalue weighted by Crippen LogP contribution is 2.18. The maximum Gasteiger partial charge on any atom is 0.455 e. The van der Waals surface area contributed by atoms with Crippen molar-refractivity contribution < 1.29 is 27.8 Å². The summed E-state index contributed by atoms with van der Waals surface area (Å²) in [6.07, 6.45) is -7.42. The van der Waals surface area contributed by atoms with Gasteiger partial charge in [-0.15, -0.1) is 0 Å². The molecule has 0 radical (unpaired) electrons. The lowest BCUT2D eigenvalue weighted by Crippen LogP contribution is -2.36. The van der Waals surface area contributed by atoms with Gasteiger partial charge in [0, 0.05) is 6.61 Å². The first-order valence-electron chi connectivity index (χ1n) is 2.80. The van der Waals surface area contributed by atoms with Crippen LogP contribution in [0.2, 0.25) is 0 Å². The first-order valence-corrected chi connectivity index (χ1v) is 2.80. The van der Waals surface area contributed by atoms with Crippen molar-refractivity contribution in [1.82, 2.24) is 0 Å². The zero-order valence-electron chi connectivity index (χ0n) is 5.68. The molecule has 0 amide bonds. The molecule has 1 atom stereocenters. The number of aliphatic hydroxyl groups excluding tert-OH is 1. The van der Waals surface area contributed by atoms with Gasteiger partial charge in [-0.25, -0.2) is 0 Å². The van der Waals surface area contributed by atoms with E-state index in [1.165, 1.54) is 6.92 Å². The molecule has 0 aromatic rings. The maximum atomic E-state index is 11.4. The molecule has 0 aliphatic rings. The van der Waals surface area contributed by atoms with Crippen LogP contribution >= 0.6 is 0 Å². The van der Waals surface area contributed by atoms with Gasteiger partial charge in [0.05, 0.1) is 0 Å². The molecular formula is C5H7F3O3. The Hall–Kier alpha value is -0.620. The lowest BCUT2D eigenvalue weighted by atomic mass is 10.4. The summed E-state index contributed by atoms with van der Waals surface area (Å²) in [4.78, 5) is 10.1. The van der Waals surface area contributed by atoms with Crippen LogP contribution in [0.15, 0.2) is 0 Å². The number of ether oxygens (including phenoxy) is 1. The van der Waals surface area contributed by atoms with E-state index in [-0.39, 0.29) is 6.61 Å². The van der Waals surface area contributed by atoms with Gasteiger partial charge in [-0.1, -0.05) is 0 Å². The molecule has 1 unspecified atom stereocenters. The summed E-state index contributed by atoms with van der Waals surface area (Å²) in [6.45, 7) is 1.22. The number of alkyl halides is 3. The molecule has 6 heteroatoms. The van der Waals surface area contributed by atoms with Gasteiger partial charge in [-0.2, -0.15) is 13.2 Å². The van der Waals surface area contributed by atoms with Crippen molar-refractivity contribution in [2.45, 2.75) is 19.4 Å². The van der Waals surface area contributed by atoms with Gasteiger partial charge in [-0.05, 0) is 6.92 Å². The second-order valence-corrected chi connectivity index (χ2v) is 1.67. The van der Waals surface area contributed by atoms with Crippen LogP contribution in [0.25, 0.3) is 0 Å². The van der Waals surface area contributed by atoms with Crippen LogP contribution in [0, 0.1) is 0 Å². The smallest absolute Gasteiger partial charge is 0.362 e. The summed E-state index contributed by atoms with van der Waals surface area (Å²) in [5.74, 6) is -2.28. The summed E-state index contributed by atoms with van der Waals surface area (Å²) in [6, 6.07) is 0. The fourth-order valence-electron chi connectivity index (χ4n) is 0.374. The first kappa shape index (κ1) is 10.4. The summed E-state index contributed by atoms with van der Waals surface area (Å²) in [7, 11) is 0. The van der Waals surface area contributed by atoms with E-state index in [2.05, 4.69) is 4.74 Å². The fraction of sp³-hybridized carbons (Fsp3) is 0.800. The molecule has 11 heavy (non-hydrogen) atoms. The van der Waals surface area contributed by atoms with Gasteiger partial charge >= 0.3 is 6.18 Å². The second kappa shape index (κ2) is 3.68. The van der Waals surface area contributed by atoms with E-state index in [4.69, 9.17) is 5.11 Å². The van der Waals surface area contributed by atoms with Crippen molar-refractivity contribution >= 4 is 5.78 Å². The van der Waals surface area contributed by atoms with Crippen molar-refractivity contribution in [3.63, 3.8) is 0 Å². The average Bonchev–Trinajstić information content (AvgIpc) is 1.85. The molecule has 0 bridgehead atoms. The van der Waals surface area contributed by atoms with Crippen LogP contribution in [-0.4, -0.2) is 30.0 Å². The molecule has 1 N–H and O–H groups in total. The van der Waals surface area contributed by atoms with Crippen LogP contribution in [0.3, 0.4) is 0 Å². The molecule has 0 saturated heterocycles. The molecule has 0 fully saturated rings. The minimum absolute atomic E-state index is 0.150. The number of carbonyl (C=O) groups excluding carboxylic acids is 1. The second-order valence-electron chi connectivity index (χ2n) is 1.67. The predicted molar refractivity (Wildman–Crippen MR) is 28.7 cm³/mol. The summed E-state index contributed by atoms with van der Waals surface area (Å²) < 4.78 is 38.3. The van der Waals surface area contributed by atoms with Crippen LogP contribution in [0.1, 0.15) is 6.92 Å². The van der Waals surface area contributed by atoms with E-state index < -0.39 is 18.2 Å². The third-order valence-corrected chi connectivity index (χ3v) is 0.828. The van der Waals surface area contributed by atoms with Crippen LogP contribution in [0.5, 0.6) is 0 Å². The van der Waals surface area contributed by atoms with Gasteiger partial charge in [0.25, 0.3) is 5.78 Å². The quantitative estimate of drug-likeness (QED) is 0.629. The van der Waals surface area contributed by atoms with Crippen LogP contribution in [-0.2, 0) is 9.53 Å². The molecule has 0 aliphatic carbocycles. The Labute approximate surface area is 60.8 Å². The number of hydrogen-bond donors (Lipinski definition) is 1. The number of carbonyl (C=O) groups is 1. The minimum Gasteiger partial charge on any atom is -0.362 e. The highest BCUT2D eigenvalue weighted by molar-refractivity contribution is 5.86. The first-order chi connectivity index (χ1) is 4.89. The zero-order valence-corrected chi connectivity index (χ0v) is 5.68. The van der Waals surface area contributed by atoms with E-state index in [0.717, 1.165) is 0 Å². The summed E-state index contributed by atoms with van der Waals surface area (Å²) >= 11 is 0. The lowest BCUT2D eigenvalue weighted by molar-refractivity contribution is -0.202. The number of ketones is 1. The molecule has 0 aromatic heterocycles. The number of rotatable bonds is 3. The largest absolute Gasteiger partial charge is 0.455 e. The Morgan fingerprint density at radius 2 is 2.09 bits per heavy atom. The van der Waals surface area contributed by atoms with Crippen molar-refractivity contribution in [2.75, 3.05) is 6.61 Å². The monoisotopic (exact) mass is 172 g/mol. The van der Waals surface area contributed by atoms with Gasteiger partial charge in [0.1, 0.15) is 0 Å². The highest BCUT2D eigenvalue weighted by atomic mass is 19.4. The number of hydrogen-bond acceptors (Lipinski definition) is 3. The molecular weight excluding hydrogens is 165 g/mol. The molecule has 0 heterocycles. The molecule has 0 aliphatic heterocycles. The van der Waals surface area contributed by atoms with Crippen LogP contribution in [0.4, 0.5) is 13.2 Å². The average molecular weight is 172 g/mol. The zero-order chi connectivity index (χ0) is 9.07. The molecule has 3 nitrogen and oxygen atoms in total. The SMILES string of the molecule is CCOC(O)C(=O)C(F)(F)F. The molecule has 0 rings (SSSR count). The topological polar surface area (TPSA) is 46.5 Å². The van der Waals surface area contributed by atoms with Crippen LogP contribution < -0.4 is 0 Å². The predicted octanol–water partition coefficient (Wildman–Crippen LogP) is 0.473. The van der Waals surface area contributed by atoms with Crippen molar-refractivity contribution in [3.8, 4) is 0 Å². The lowest BCUT2D eigenvalue weighted by Gasteiger charge is -2.10. The molecule has 0 saturated carbocycles. The van der Waals surface area contributed by atoms with E-state index >= 15 is 0 Å². The van der Waals surface area contributed by atoms with E-state index in [1.54, 1.807) is 0 Å². The van der Waals surface area contributed by atoms with Gasteiger partial charge in [0.2, 0.25) is 6.29 Å². The normalized spacial score (nSPS) is 14.6. The third-order valence-electron chi connectivity index (χ3n) is 0.828. The highest BCUT2D eigenvalue weighted by Gasteiger charge is 2.43. The minimum atomic E-state index is -5.03. The Bertz CT molecular complexity index is 142. The van der Waals surface area contributed by atoms with Gasteiger partial charge in [0.15, 0.2) is 0 Å². The Morgan fingerprint density at radius 1 is 1.64 bits per heavy atom. The van der Waals surface area contributed by atoms with Crippen molar-refractivity contribution in [3.05, 3.63) is 0 Å².